The van der Waals surface area contributed by atoms with Gasteiger partial charge >= 0.3 is 5.97 Å². The Kier molecular flexibility index (Phi) is 21.5. The molecule has 0 spiro atoms. The van der Waals surface area contributed by atoms with E-state index in [1.807, 2.05) is 27.7 Å². The highest BCUT2D eigenvalue weighted by molar-refractivity contribution is 8.76. The molecule has 14 N–H and O–H groups in total. The standard InChI is InChI=1S/C33H59N11O9S2/c1-15(2)11-22(29(49)40-19(7)26(46)41-21(32(52)53)9-8-10-37-33(35)36)43-31(51)24-14-55-54-13-20(34)28(48)39-17(5)25(45)38-18(6)27(47)42-23(12-16(3)4)30(50)44-24/h15-24H,8-14,34H2,1-7H3,(H,38,45)(H,39,48)(H,40,49)(H,41,46)(H,42,47)(H,43,51)(H,44,50)(H,52,53)(H4,35,36,37)/t17-,18-,19-,20-,21-,22-,23-,24-/m0/s1. The van der Waals surface area contributed by atoms with Crippen LogP contribution in [0.15, 0.2) is 4.99 Å². The van der Waals surface area contributed by atoms with Gasteiger partial charge in [0.25, 0.3) is 0 Å². The number of nitrogens with two attached hydrogens (primary N) is 3. The van der Waals surface area contributed by atoms with Gasteiger partial charge in [-0.15, -0.1) is 0 Å². The molecule has 1 saturated heterocycles. The summed E-state index contributed by atoms with van der Waals surface area (Å²) in [6.45, 7) is 11.7. The van der Waals surface area contributed by atoms with Gasteiger partial charge in [0.05, 0.1) is 6.04 Å². The molecule has 0 aromatic carbocycles. The van der Waals surface area contributed by atoms with Crippen molar-refractivity contribution in [2.24, 2.45) is 34.0 Å². The first-order valence-electron chi connectivity index (χ1n) is 18.0. The molecule has 55 heavy (non-hydrogen) atoms. The lowest BCUT2D eigenvalue weighted by atomic mass is 10.0. The van der Waals surface area contributed by atoms with Crippen molar-refractivity contribution in [3.63, 3.8) is 0 Å². The lowest BCUT2D eigenvalue weighted by molar-refractivity contribution is -0.142. The minimum atomic E-state index is -1.29. The molecule has 0 bridgehead atoms. The molecule has 1 aliphatic heterocycles. The summed E-state index contributed by atoms with van der Waals surface area (Å²) in [7, 11) is 2.28. The third kappa shape index (κ3) is 18.7. The molecule has 0 saturated carbocycles. The molecule has 0 unspecified atom stereocenters. The topological polar surface area (TPSA) is 331 Å². The number of carbonyl (C=O) groups is 8. The number of hydrogen-bond acceptors (Lipinski definition) is 12. The number of nitrogens with zero attached hydrogens (tertiary/aromatic N) is 1. The maximum atomic E-state index is 13.8. The molecule has 7 amide bonds. The van der Waals surface area contributed by atoms with E-state index in [-0.39, 0.29) is 61.5 Å². The van der Waals surface area contributed by atoms with E-state index in [9.17, 15) is 43.5 Å². The Morgan fingerprint density at radius 3 is 1.93 bits per heavy atom. The Hall–Kier alpha value is -4.31. The third-order valence-electron chi connectivity index (χ3n) is 8.03. The van der Waals surface area contributed by atoms with Gasteiger partial charge in [-0.05, 0) is 58.3 Å². The summed E-state index contributed by atoms with van der Waals surface area (Å²) in [5.41, 5.74) is 16.6. The molecule has 1 heterocycles. The van der Waals surface area contributed by atoms with Crippen LogP contribution in [0.5, 0.6) is 0 Å². The quantitative estimate of drug-likeness (QED) is 0.0349. The number of guanidine groups is 1. The van der Waals surface area contributed by atoms with Crippen molar-refractivity contribution in [3.05, 3.63) is 0 Å². The Balaban J connectivity index is 3.26. The smallest absolute Gasteiger partial charge is 0.326 e. The van der Waals surface area contributed by atoms with Gasteiger partial charge in [0.1, 0.15) is 42.3 Å². The maximum Gasteiger partial charge on any atom is 0.326 e. The van der Waals surface area contributed by atoms with Gasteiger partial charge in [-0.2, -0.15) is 0 Å². The highest BCUT2D eigenvalue weighted by Gasteiger charge is 2.33. The fourth-order valence-electron chi connectivity index (χ4n) is 4.97. The number of rotatable bonds is 15. The minimum absolute atomic E-state index is 0.0175. The van der Waals surface area contributed by atoms with Crippen molar-refractivity contribution in [1.82, 2.24) is 37.2 Å². The fourth-order valence-corrected chi connectivity index (χ4v) is 7.26. The zero-order valence-corrected chi connectivity index (χ0v) is 34.1. The van der Waals surface area contributed by atoms with Gasteiger partial charge < -0.3 is 59.5 Å². The second kappa shape index (κ2) is 24.3. The summed E-state index contributed by atoms with van der Waals surface area (Å²) in [5, 5.41) is 27.5. The van der Waals surface area contributed by atoms with E-state index in [0.717, 1.165) is 21.6 Å². The van der Waals surface area contributed by atoms with E-state index in [0.29, 0.717) is 0 Å². The van der Waals surface area contributed by atoms with Crippen LogP contribution in [0.4, 0.5) is 0 Å². The van der Waals surface area contributed by atoms with Crippen molar-refractivity contribution in [1.29, 1.82) is 0 Å². The number of aliphatic carboxylic acids is 1. The number of carboxylic acid groups (broad SMARTS) is 1. The molecular weight excluding hydrogens is 759 g/mol. The highest BCUT2D eigenvalue weighted by Crippen LogP contribution is 2.23. The predicted molar refractivity (Wildman–Crippen MR) is 210 cm³/mol. The zero-order valence-electron chi connectivity index (χ0n) is 32.4. The Labute approximate surface area is 329 Å². The number of aliphatic imine (C=N–C) groups is 1. The van der Waals surface area contributed by atoms with Gasteiger partial charge in [-0.1, -0.05) is 49.3 Å². The third-order valence-corrected chi connectivity index (χ3v) is 10.5. The molecule has 1 rings (SSSR count). The Morgan fingerprint density at radius 1 is 0.782 bits per heavy atom. The van der Waals surface area contributed by atoms with E-state index in [2.05, 4.69) is 42.2 Å². The van der Waals surface area contributed by atoms with Crippen molar-refractivity contribution in [2.45, 2.75) is 122 Å². The van der Waals surface area contributed by atoms with Crippen LogP contribution in [0, 0.1) is 11.8 Å². The number of carbonyl (C=O) groups excluding carboxylic acids is 7. The first kappa shape index (κ1) is 48.7. The van der Waals surface area contributed by atoms with Crippen LogP contribution in [0.1, 0.15) is 74.1 Å². The van der Waals surface area contributed by atoms with Crippen molar-refractivity contribution < 1.29 is 43.5 Å². The number of amides is 7. The summed E-state index contributed by atoms with van der Waals surface area (Å²) < 4.78 is 0. The van der Waals surface area contributed by atoms with Crippen molar-refractivity contribution >= 4 is 74.9 Å². The van der Waals surface area contributed by atoms with Gasteiger partial charge in [0.2, 0.25) is 41.4 Å². The SMILES string of the molecule is CC(C)C[C@@H]1NC(=O)[C@H](C)NC(=O)[C@H](C)NC(=O)[C@@H](N)CSSC[C@@H](C(=O)N[C@@H](CC(C)C)C(=O)N[C@@H](C)C(=O)N[C@@H](CCCN=C(N)N)C(=O)O)NC1=O. The van der Waals surface area contributed by atoms with Crippen LogP contribution in [-0.4, -0.2) is 125 Å². The van der Waals surface area contributed by atoms with Crippen LogP contribution >= 0.6 is 21.6 Å². The van der Waals surface area contributed by atoms with Crippen molar-refractivity contribution in [3.8, 4) is 0 Å². The molecule has 22 heteroatoms. The van der Waals surface area contributed by atoms with E-state index >= 15 is 0 Å². The van der Waals surface area contributed by atoms with Crippen LogP contribution in [0.2, 0.25) is 0 Å². The predicted octanol–water partition coefficient (Wildman–Crippen LogP) is -2.61. The molecule has 0 aromatic rings. The summed E-state index contributed by atoms with van der Waals surface area (Å²) in [4.78, 5) is 108. The highest BCUT2D eigenvalue weighted by atomic mass is 33.1. The molecule has 8 atom stereocenters. The summed E-state index contributed by atoms with van der Waals surface area (Å²) >= 11 is 0. The lowest BCUT2D eigenvalue weighted by Crippen LogP contribution is -2.60. The molecule has 1 aliphatic rings. The van der Waals surface area contributed by atoms with Crippen LogP contribution in [0.25, 0.3) is 0 Å². The number of nitrogens with one attached hydrogen (secondary N) is 7. The molecule has 312 valence electrons. The number of carboxylic acids is 1. The van der Waals surface area contributed by atoms with E-state index in [1.165, 1.54) is 20.8 Å². The maximum absolute atomic E-state index is 13.8. The molecule has 0 radical (unpaired) electrons. The zero-order chi connectivity index (χ0) is 42.0. The van der Waals surface area contributed by atoms with E-state index < -0.39 is 95.7 Å². The minimum Gasteiger partial charge on any atom is -0.480 e. The molecule has 0 aromatic heterocycles. The van der Waals surface area contributed by atoms with E-state index in [4.69, 9.17) is 17.2 Å². The first-order valence-corrected chi connectivity index (χ1v) is 20.5. The van der Waals surface area contributed by atoms with Crippen LogP contribution in [0.3, 0.4) is 0 Å². The summed E-state index contributed by atoms with van der Waals surface area (Å²) in [6.07, 6.45) is 0.599. The molecule has 20 nitrogen and oxygen atoms in total. The first-order chi connectivity index (χ1) is 25.6. The van der Waals surface area contributed by atoms with Gasteiger partial charge in [-0.25, -0.2) is 4.79 Å². The van der Waals surface area contributed by atoms with Gasteiger partial charge in [-0.3, -0.25) is 38.6 Å². The van der Waals surface area contributed by atoms with Crippen LogP contribution in [-0.2, 0) is 38.4 Å². The second-order valence-corrected chi connectivity index (χ2v) is 16.7. The molecular formula is C33H59N11O9S2. The molecule has 1 fully saturated rings. The largest absolute Gasteiger partial charge is 0.480 e. The van der Waals surface area contributed by atoms with Crippen molar-refractivity contribution in [2.75, 3.05) is 18.1 Å². The average molecular weight is 818 g/mol. The normalized spacial score (nSPS) is 23.4. The van der Waals surface area contributed by atoms with Gasteiger partial charge in [0.15, 0.2) is 5.96 Å². The second-order valence-electron chi connectivity index (χ2n) is 14.2. The Morgan fingerprint density at radius 2 is 1.36 bits per heavy atom. The van der Waals surface area contributed by atoms with Gasteiger partial charge in [0, 0.05) is 18.1 Å². The Bertz CT molecular complexity index is 1400. The fraction of sp³-hybridized carbons (Fsp3) is 0.727. The van der Waals surface area contributed by atoms with E-state index in [1.54, 1.807) is 0 Å². The monoisotopic (exact) mass is 817 g/mol. The lowest BCUT2D eigenvalue weighted by Gasteiger charge is -2.27. The summed E-state index contributed by atoms with van der Waals surface area (Å²) in [5.74, 6) is -6.44. The molecule has 0 aliphatic carbocycles. The van der Waals surface area contributed by atoms with Crippen LogP contribution < -0.4 is 54.4 Å². The summed E-state index contributed by atoms with van der Waals surface area (Å²) in [6, 6.07) is -9.13. The number of hydrogen-bond donors (Lipinski definition) is 11. The average Bonchev–Trinajstić information content (AvgIpc) is 3.08.